The van der Waals surface area contributed by atoms with Crippen LogP contribution in [0.1, 0.15) is 38.8 Å². The van der Waals surface area contributed by atoms with Gasteiger partial charge < -0.3 is 4.57 Å². The van der Waals surface area contributed by atoms with E-state index in [-0.39, 0.29) is 11.0 Å². The Morgan fingerprint density at radius 2 is 1.76 bits per heavy atom. The number of rotatable bonds is 3. The maximum absolute atomic E-state index is 12.6. The van der Waals surface area contributed by atoms with E-state index in [1.54, 1.807) is 4.57 Å². The molecule has 0 atom stereocenters. The van der Waals surface area contributed by atoms with E-state index in [0.29, 0.717) is 6.54 Å². The number of allylic oxidation sites excluding steroid dienone is 2. The summed E-state index contributed by atoms with van der Waals surface area (Å²) in [5, 5.41) is 0. The van der Waals surface area contributed by atoms with Crippen molar-refractivity contribution in [2.45, 2.75) is 34.2 Å². The van der Waals surface area contributed by atoms with Gasteiger partial charge in [-0.25, -0.2) is 0 Å². The fraction of sp³-hybridized carbons (Fsp3) is 0.316. The van der Waals surface area contributed by atoms with Gasteiger partial charge in [0.2, 0.25) is 0 Å². The van der Waals surface area contributed by atoms with Gasteiger partial charge in [0.15, 0.2) is 0 Å². The highest BCUT2D eigenvalue weighted by molar-refractivity contribution is 5.63. The summed E-state index contributed by atoms with van der Waals surface area (Å²) in [7, 11) is 0. The Morgan fingerprint density at radius 1 is 1.10 bits per heavy atom. The van der Waals surface area contributed by atoms with Crippen LogP contribution in [0.5, 0.6) is 0 Å². The van der Waals surface area contributed by atoms with Gasteiger partial charge in [0.1, 0.15) is 0 Å². The van der Waals surface area contributed by atoms with Crippen LogP contribution in [0, 0.1) is 5.41 Å². The monoisotopic (exact) mass is 281 g/mol. The van der Waals surface area contributed by atoms with Gasteiger partial charge in [-0.3, -0.25) is 4.79 Å². The highest BCUT2D eigenvalue weighted by Crippen LogP contribution is 2.21. The molecule has 0 N–H and O–H groups in total. The van der Waals surface area contributed by atoms with E-state index >= 15 is 0 Å². The first kappa shape index (κ1) is 15.3. The Hall–Kier alpha value is -2.09. The van der Waals surface area contributed by atoms with Gasteiger partial charge in [0.25, 0.3) is 5.56 Å². The molecule has 0 radical (unpaired) electrons. The molecule has 2 nitrogen and oxygen atoms in total. The first-order valence-corrected chi connectivity index (χ1v) is 7.30. The van der Waals surface area contributed by atoms with E-state index in [4.69, 9.17) is 0 Å². The van der Waals surface area contributed by atoms with Crippen molar-refractivity contribution in [3.63, 3.8) is 0 Å². The van der Waals surface area contributed by atoms with Crippen LogP contribution >= 0.6 is 0 Å². The van der Waals surface area contributed by atoms with Gasteiger partial charge >= 0.3 is 0 Å². The van der Waals surface area contributed by atoms with Crippen molar-refractivity contribution in [2.24, 2.45) is 5.41 Å². The normalized spacial score (nSPS) is 12.5. The lowest BCUT2D eigenvalue weighted by Crippen LogP contribution is -2.23. The average Bonchev–Trinajstić information content (AvgIpc) is 2.40. The van der Waals surface area contributed by atoms with Crippen LogP contribution in [0.2, 0.25) is 0 Å². The number of pyridine rings is 1. The van der Waals surface area contributed by atoms with E-state index in [0.717, 1.165) is 16.7 Å². The molecular formula is C19H23NO. The molecule has 0 saturated carbocycles. The number of nitrogens with zero attached hydrogens (tertiary/aromatic N) is 1. The summed E-state index contributed by atoms with van der Waals surface area (Å²) in [6, 6.07) is 13.9. The van der Waals surface area contributed by atoms with Crippen LogP contribution in [-0.4, -0.2) is 4.57 Å². The average molecular weight is 281 g/mol. The SMILES string of the molecule is CC(=CC(C)(C)C)c1cccn(Cc2ccccc2)c1=O. The van der Waals surface area contributed by atoms with Crippen molar-refractivity contribution in [2.75, 3.05) is 0 Å². The Kier molecular flexibility index (Phi) is 4.46. The summed E-state index contributed by atoms with van der Waals surface area (Å²) in [4.78, 5) is 12.6. The number of hydrogen-bond acceptors (Lipinski definition) is 1. The fourth-order valence-corrected chi connectivity index (χ4v) is 2.47. The van der Waals surface area contributed by atoms with E-state index < -0.39 is 0 Å². The molecule has 2 rings (SSSR count). The van der Waals surface area contributed by atoms with Gasteiger partial charge in [0.05, 0.1) is 6.54 Å². The second-order valence-electron chi connectivity index (χ2n) is 6.53. The van der Waals surface area contributed by atoms with Crippen LogP contribution in [-0.2, 0) is 6.54 Å². The van der Waals surface area contributed by atoms with Crippen molar-refractivity contribution in [3.8, 4) is 0 Å². The van der Waals surface area contributed by atoms with Crippen molar-refractivity contribution < 1.29 is 0 Å². The lowest BCUT2D eigenvalue weighted by molar-refractivity contribution is 0.545. The van der Waals surface area contributed by atoms with Gasteiger partial charge in [-0.15, -0.1) is 0 Å². The van der Waals surface area contributed by atoms with E-state index in [1.807, 2.05) is 55.6 Å². The van der Waals surface area contributed by atoms with Crippen LogP contribution in [0.15, 0.2) is 59.5 Å². The predicted molar refractivity (Wildman–Crippen MR) is 89.4 cm³/mol. The van der Waals surface area contributed by atoms with E-state index in [1.165, 1.54) is 0 Å². The second kappa shape index (κ2) is 6.13. The molecule has 2 heteroatoms. The molecule has 0 fully saturated rings. The molecule has 1 aromatic heterocycles. The van der Waals surface area contributed by atoms with E-state index in [2.05, 4.69) is 26.8 Å². The third kappa shape index (κ3) is 4.19. The highest BCUT2D eigenvalue weighted by atomic mass is 16.1. The number of hydrogen-bond donors (Lipinski definition) is 0. The summed E-state index contributed by atoms with van der Waals surface area (Å²) in [6.45, 7) is 9.04. The third-order valence-corrected chi connectivity index (χ3v) is 3.29. The van der Waals surface area contributed by atoms with E-state index in [9.17, 15) is 4.79 Å². The molecule has 1 aromatic carbocycles. The number of benzene rings is 1. The third-order valence-electron chi connectivity index (χ3n) is 3.29. The van der Waals surface area contributed by atoms with Crippen molar-refractivity contribution >= 4 is 5.57 Å². The zero-order valence-electron chi connectivity index (χ0n) is 13.3. The molecule has 0 amide bonds. The molecule has 0 aliphatic carbocycles. The Labute approximate surface area is 126 Å². The Balaban J connectivity index is 2.37. The van der Waals surface area contributed by atoms with Crippen molar-refractivity contribution in [1.82, 2.24) is 4.57 Å². The quantitative estimate of drug-likeness (QED) is 0.820. The highest BCUT2D eigenvalue weighted by Gasteiger charge is 2.10. The molecule has 0 spiro atoms. The predicted octanol–water partition coefficient (Wildman–Crippen LogP) is 4.35. The molecule has 0 aliphatic rings. The molecule has 0 unspecified atom stereocenters. The number of aromatic nitrogens is 1. The summed E-state index contributed by atoms with van der Waals surface area (Å²) >= 11 is 0. The largest absolute Gasteiger partial charge is 0.311 e. The van der Waals surface area contributed by atoms with Gasteiger partial charge in [-0.05, 0) is 35.6 Å². The van der Waals surface area contributed by atoms with Crippen molar-refractivity contribution in [3.05, 3.63) is 76.2 Å². The standard InChI is InChI=1S/C19H23NO/c1-15(13-19(2,3)4)17-11-8-12-20(18(17)21)14-16-9-6-5-7-10-16/h5-13H,14H2,1-4H3. The van der Waals surface area contributed by atoms with Gasteiger partial charge in [0, 0.05) is 11.8 Å². The molecule has 0 saturated heterocycles. The Bertz CT molecular complexity index is 687. The van der Waals surface area contributed by atoms with Gasteiger partial charge in [-0.1, -0.05) is 57.2 Å². The smallest absolute Gasteiger partial charge is 0.258 e. The zero-order valence-corrected chi connectivity index (χ0v) is 13.3. The summed E-state index contributed by atoms with van der Waals surface area (Å²) < 4.78 is 1.77. The lowest BCUT2D eigenvalue weighted by Gasteiger charge is -2.15. The summed E-state index contributed by atoms with van der Waals surface area (Å²) in [5.74, 6) is 0. The lowest BCUT2D eigenvalue weighted by atomic mass is 9.92. The first-order valence-electron chi connectivity index (χ1n) is 7.30. The van der Waals surface area contributed by atoms with Gasteiger partial charge in [-0.2, -0.15) is 0 Å². The summed E-state index contributed by atoms with van der Waals surface area (Å²) in [5.41, 5.74) is 3.09. The Morgan fingerprint density at radius 3 is 2.38 bits per heavy atom. The minimum Gasteiger partial charge on any atom is -0.311 e. The first-order chi connectivity index (χ1) is 9.87. The molecule has 2 aromatic rings. The molecule has 0 bridgehead atoms. The summed E-state index contributed by atoms with van der Waals surface area (Å²) in [6.07, 6.45) is 4.00. The van der Waals surface area contributed by atoms with Crippen LogP contribution in [0.25, 0.3) is 5.57 Å². The van der Waals surface area contributed by atoms with Crippen LogP contribution in [0.4, 0.5) is 0 Å². The second-order valence-corrected chi connectivity index (χ2v) is 6.53. The minimum atomic E-state index is 0.0661. The fourth-order valence-electron chi connectivity index (χ4n) is 2.47. The molecular weight excluding hydrogens is 258 g/mol. The maximum atomic E-state index is 12.6. The van der Waals surface area contributed by atoms with Crippen LogP contribution in [0.3, 0.4) is 0 Å². The topological polar surface area (TPSA) is 22.0 Å². The molecule has 21 heavy (non-hydrogen) atoms. The minimum absolute atomic E-state index is 0.0661. The molecule has 110 valence electrons. The maximum Gasteiger partial charge on any atom is 0.258 e. The zero-order chi connectivity index (χ0) is 15.5. The molecule has 1 heterocycles. The molecule has 0 aliphatic heterocycles. The van der Waals surface area contributed by atoms with Crippen molar-refractivity contribution in [1.29, 1.82) is 0 Å². The van der Waals surface area contributed by atoms with Crippen LogP contribution < -0.4 is 5.56 Å².